The molecule has 4 nitrogen and oxygen atoms in total. The van der Waals surface area contributed by atoms with Crippen molar-refractivity contribution in [3.63, 3.8) is 0 Å². The van der Waals surface area contributed by atoms with E-state index in [2.05, 4.69) is 12.2 Å². The van der Waals surface area contributed by atoms with Crippen molar-refractivity contribution in [3.05, 3.63) is 29.3 Å². The number of rotatable bonds is 6. The van der Waals surface area contributed by atoms with Gasteiger partial charge < -0.3 is 15.0 Å². The van der Waals surface area contributed by atoms with Crippen molar-refractivity contribution < 1.29 is 9.53 Å². The van der Waals surface area contributed by atoms with Crippen molar-refractivity contribution in [2.45, 2.75) is 19.8 Å². The Morgan fingerprint density at radius 3 is 2.86 bits per heavy atom. The number of nitrogens with one attached hydrogen (secondary N) is 1. The van der Waals surface area contributed by atoms with Crippen LogP contribution in [0.2, 0.25) is 5.02 Å². The van der Waals surface area contributed by atoms with Gasteiger partial charge in [0.1, 0.15) is 12.4 Å². The first-order chi connectivity index (χ1) is 10.1. The lowest BCUT2D eigenvalue weighted by Gasteiger charge is -2.30. The van der Waals surface area contributed by atoms with Gasteiger partial charge >= 0.3 is 0 Å². The molecule has 0 aromatic heterocycles. The summed E-state index contributed by atoms with van der Waals surface area (Å²) >= 11 is 6.04. The van der Waals surface area contributed by atoms with E-state index < -0.39 is 0 Å². The molecule has 1 saturated heterocycles. The minimum atomic E-state index is -0.237. The van der Waals surface area contributed by atoms with Crippen molar-refractivity contribution in [3.8, 4) is 5.75 Å². The molecule has 2 rings (SSSR count). The highest BCUT2D eigenvalue weighted by Crippen LogP contribution is 2.31. The number of likely N-dealkylation sites (N-methyl/N-ethyl adjacent to an activating group) is 1. The molecule has 1 N–H and O–H groups in total. The average Bonchev–Trinajstić information content (AvgIpc) is 2.98. The van der Waals surface area contributed by atoms with E-state index in [0.29, 0.717) is 23.9 Å². The lowest BCUT2D eigenvalue weighted by Crippen LogP contribution is -2.44. The molecule has 1 atom stereocenters. The molecular formula is C16H23ClN2O2. The van der Waals surface area contributed by atoms with E-state index in [1.807, 2.05) is 25.2 Å². The van der Waals surface area contributed by atoms with Crippen LogP contribution in [0, 0.1) is 5.41 Å². The molecular weight excluding hydrogens is 288 g/mol. The predicted octanol–water partition coefficient (Wildman–Crippen LogP) is 2.57. The van der Waals surface area contributed by atoms with E-state index in [0.717, 1.165) is 25.9 Å². The van der Waals surface area contributed by atoms with Crippen LogP contribution >= 0.6 is 11.6 Å². The van der Waals surface area contributed by atoms with Crippen molar-refractivity contribution in [1.29, 1.82) is 0 Å². The normalized spacial score (nSPS) is 21.3. The van der Waals surface area contributed by atoms with Crippen LogP contribution in [0.1, 0.15) is 19.8 Å². The van der Waals surface area contributed by atoms with Crippen LogP contribution < -0.4 is 10.1 Å². The van der Waals surface area contributed by atoms with E-state index in [-0.39, 0.29) is 11.3 Å². The second-order valence-electron chi connectivity index (χ2n) is 5.57. The number of benzene rings is 1. The Morgan fingerprint density at radius 2 is 2.24 bits per heavy atom. The lowest BCUT2D eigenvalue weighted by molar-refractivity contribution is -0.140. The Morgan fingerprint density at radius 1 is 1.48 bits per heavy atom. The zero-order chi connectivity index (χ0) is 15.3. The quantitative estimate of drug-likeness (QED) is 0.878. The molecule has 1 fully saturated rings. The molecule has 0 saturated carbocycles. The maximum atomic E-state index is 12.6. The lowest BCUT2D eigenvalue weighted by atomic mass is 9.83. The van der Waals surface area contributed by atoms with Crippen molar-refractivity contribution in [2.24, 2.45) is 5.41 Å². The van der Waals surface area contributed by atoms with Crippen LogP contribution in [0.5, 0.6) is 5.75 Å². The smallest absolute Gasteiger partial charge is 0.229 e. The van der Waals surface area contributed by atoms with Gasteiger partial charge in [-0.15, -0.1) is 0 Å². The van der Waals surface area contributed by atoms with Gasteiger partial charge in [-0.25, -0.2) is 0 Å². The second-order valence-corrected chi connectivity index (χ2v) is 5.97. The zero-order valence-electron chi connectivity index (χ0n) is 12.7. The largest absolute Gasteiger partial charge is 0.490 e. The van der Waals surface area contributed by atoms with E-state index in [1.165, 1.54) is 0 Å². The molecule has 21 heavy (non-hydrogen) atoms. The van der Waals surface area contributed by atoms with Gasteiger partial charge in [-0.3, -0.25) is 4.79 Å². The molecule has 0 bridgehead atoms. The number of carbonyl (C=O) groups is 1. The van der Waals surface area contributed by atoms with E-state index >= 15 is 0 Å². The first kappa shape index (κ1) is 16.1. The van der Waals surface area contributed by atoms with Crippen molar-refractivity contribution >= 4 is 17.5 Å². The molecule has 1 aliphatic heterocycles. The number of amides is 1. The summed E-state index contributed by atoms with van der Waals surface area (Å²) in [4.78, 5) is 14.4. The summed E-state index contributed by atoms with van der Waals surface area (Å²) in [7, 11) is 1.84. The highest BCUT2D eigenvalue weighted by molar-refractivity contribution is 6.32. The van der Waals surface area contributed by atoms with Crippen LogP contribution in [-0.4, -0.2) is 44.1 Å². The molecule has 0 aliphatic carbocycles. The van der Waals surface area contributed by atoms with Crippen LogP contribution in [-0.2, 0) is 4.79 Å². The third-order valence-electron chi connectivity index (χ3n) is 4.24. The van der Waals surface area contributed by atoms with Crippen molar-refractivity contribution in [2.75, 3.05) is 33.3 Å². The number of hydrogen-bond acceptors (Lipinski definition) is 3. The predicted molar refractivity (Wildman–Crippen MR) is 84.8 cm³/mol. The molecule has 1 amide bonds. The first-order valence-corrected chi connectivity index (χ1v) is 7.80. The fourth-order valence-electron chi connectivity index (χ4n) is 2.74. The van der Waals surface area contributed by atoms with Gasteiger partial charge in [-0.2, -0.15) is 0 Å². The SMILES string of the molecule is CCC1(C(=O)N(C)CCOc2ccccc2Cl)CCNC1. The Bertz CT molecular complexity index is 487. The summed E-state index contributed by atoms with van der Waals surface area (Å²) in [6, 6.07) is 7.37. The number of carbonyl (C=O) groups excluding carboxylic acids is 1. The van der Waals surface area contributed by atoms with E-state index in [1.54, 1.807) is 11.0 Å². The highest BCUT2D eigenvalue weighted by atomic mass is 35.5. The first-order valence-electron chi connectivity index (χ1n) is 7.43. The second kappa shape index (κ2) is 7.14. The van der Waals surface area contributed by atoms with Crippen LogP contribution in [0.25, 0.3) is 0 Å². The Labute approximate surface area is 131 Å². The van der Waals surface area contributed by atoms with Gasteiger partial charge in [0.25, 0.3) is 0 Å². The standard InChI is InChI=1S/C16H23ClN2O2/c1-3-16(8-9-18-12-16)15(20)19(2)10-11-21-14-7-5-4-6-13(14)17/h4-7,18H,3,8-12H2,1-2H3. The number of ether oxygens (including phenoxy) is 1. The Hall–Kier alpha value is -1.26. The molecule has 1 aromatic rings. The fraction of sp³-hybridized carbons (Fsp3) is 0.562. The van der Waals surface area contributed by atoms with Crippen LogP contribution in [0.15, 0.2) is 24.3 Å². The maximum absolute atomic E-state index is 12.6. The van der Waals surface area contributed by atoms with E-state index in [9.17, 15) is 4.79 Å². The number of nitrogens with zero attached hydrogens (tertiary/aromatic N) is 1. The van der Waals surface area contributed by atoms with Gasteiger partial charge in [-0.05, 0) is 31.5 Å². The zero-order valence-corrected chi connectivity index (χ0v) is 13.4. The summed E-state index contributed by atoms with van der Waals surface area (Å²) < 4.78 is 5.65. The topological polar surface area (TPSA) is 41.6 Å². The van der Waals surface area contributed by atoms with Gasteiger partial charge in [0.2, 0.25) is 5.91 Å². The molecule has 1 unspecified atom stereocenters. The summed E-state index contributed by atoms with van der Waals surface area (Å²) in [6.07, 6.45) is 1.78. The third-order valence-corrected chi connectivity index (χ3v) is 4.55. The van der Waals surface area contributed by atoms with E-state index in [4.69, 9.17) is 16.3 Å². The van der Waals surface area contributed by atoms with Gasteiger partial charge in [0.15, 0.2) is 0 Å². The fourth-order valence-corrected chi connectivity index (χ4v) is 2.93. The van der Waals surface area contributed by atoms with Crippen LogP contribution in [0.4, 0.5) is 0 Å². The Balaban J connectivity index is 1.85. The summed E-state index contributed by atoms with van der Waals surface area (Å²) in [5.74, 6) is 0.866. The molecule has 0 spiro atoms. The minimum Gasteiger partial charge on any atom is -0.490 e. The Kier molecular flexibility index (Phi) is 5.48. The summed E-state index contributed by atoms with van der Waals surface area (Å²) in [5.41, 5.74) is -0.237. The highest BCUT2D eigenvalue weighted by Gasteiger charge is 2.40. The van der Waals surface area contributed by atoms with Gasteiger partial charge in [-0.1, -0.05) is 30.7 Å². The van der Waals surface area contributed by atoms with Crippen LogP contribution in [0.3, 0.4) is 0 Å². The molecule has 1 aromatic carbocycles. The molecule has 1 aliphatic rings. The summed E-state index contributed by atoms with van der Waals surface area (Å²) in [6.45, 7) is 4.78. The van der Waals surface area contributed by atoms with Gasteiger partial charge in [0.05, 0.1) is 17.0 Å². The number of halogens is 1. The molecule has 5 heteroatoms. The average molecular weight is 311 g/mol. The molecule has 0 radical (unpaired) electrons. The molecule has 116 valence electrons. The van der Waals surface area contributed by atoms with Crippen molar-refractivity contribution in [1.82, 2.24) is 10.2 Å². The summed E-state index contributed by atoms with van der Waals surface area (Å²) in [5, 5.41) is 3.89. The third kappa shape index (κ3) is 3.69. The maximum Gasteiger partial charge on any atom is 0.229 e. The minimum absolute atomic E-state index is 0.206. The monoisotopic (exact) mass is 310 g/mol. The molecule has 1 heterocycles. The number of hydrogen-bond donors (Lipinski definition) is 1. The van der Waals surface area contributed by atoms with Gasteiger partial charge in [0, 0.05) is 13.6 Å². The number of para-hydroxylation sites is 1.